The molecule has 0 aliphatic heterocycles. The van der Waals surface area contributed by atoms with Crippen molar-refractivity contribution in [1.82, 2.24) is 5.32 Å². The fourth-order valence-corrected chi connectivity index (χ4v) is 2.44. The summed E-state index contributed by atoms with van der Waals surface area (Å²) >= 11 is 0. The maximum Gasteiger partial charge on any atom is 0.309 e. The fraction of sp³-hybridized carbons (Fsp3) is 0.929. The molecule has 0 heterocycles. The van der Waals surface area contributed by atoms with E-state index >= 15 is 0 Å². The van der Waals surface area contributed by atoms with Gasteiger partial charge >= 0.3 is 5.97 Å². The van der Waals surface area contributed by atoms with Gasteiger partial charge in [-0.2, -0.15) is 0 Å². The van der Waals surface area contributed by atoms with E-state index in [1.807, 2.05) is 13.8 Å². The van der Waals surface area contributed by atoms with Crippen LogP contribution in [0.2, 0.25) is 0 Å². The van der Waals surface area contributed by atoms with Crippen LogP contribution in [0.15, 0.2) is 0 Å². The molecule has 100 valence electrons. The largest absolute Gasteiger partial charge is 0.466 e. The number of carbonyl (C=O) groups excluding carboxylic acids is 1. The molecule has 3 nitrogen and oxygen atoms in total. The molecule has 1 aliphatic carbocycles. The lowest BCUT2D eigenvalue weighted by Crippen LogP contribution is -2.39. The van der Waals surface area contributed by atoms with E-state index in [1.54, 1.807) is 0 Å². The van der Waals surface area contributed by atoms with Crippen molar-refractivity contribution in [3.05, 3.63) is 0 Å². The molecule has 3 heteroatoms. The van der Waals surface area contributed by atoms with Crippen LogP contribution in [0.5, 0.6) is 0 Å². The second-order valence-electron chi connectivity index (χ2n) is 5.53. The highest BCUT2D eigenvalue weighted by Crippen LogP contribution is 2.29. The first-order chi connectivity index (χ1) is 8.04. The van der Waals surface area contributed by atoms with E-state index < -0.39 is 0 Å². The highest BCUT2D eigenvalue weighted by molar-refractivity contribution is 5.72. The highest BCUT2D eigenvalue weighted by atomic mass is 16.5. The van der Waals surface area contributed by atoms with E-state index in [-0.39, 0.29) is 11.9 Å². The first-order valence-electron chi connectivity index (χ1n) is 6.94. The van der Waals surface area contributed by atoms with Gasteiger partial charge in [0.15, 0.2) is 0 Å². The van der Waals surface area contributed by atoms with Crippen molar-refractivity contribution in [2.24, 2.45) is 17.8 Å². The quantitative estimate of drug-likeness (QED) is 0.752. The molecule has 1 fully saturated rings. The van der Waals surface area contributed by atoms with E-state index in [0.29, 0.717) is 12.6 Å². The van der Waals surface area contributed by atoms with Crippen LogP contribution in [0.3, 0.4) is 0 Å². The molecule has 1 saturated carbocycles. The summed E-state index contributed by atoms with van der Waals surface area (Å²) in [6.07, 6.45) is 3.77. The molecular formula is C14H27NO2. The molecule has 17 heavy (non-hydrogen) atoms. The van der Waals surface area contributed by atoms with Crippen LogP contribution in [-0.2, 0) is 9.53 Å². The molecule has 4 atom stereocenters. The Morgan fingerprint density at radius 3 is 2.65 bits per heavy atom. The molecule has 1 N–H and O–H groups in total. The number of nitrogens with one attached hydrogen (secondary N) is 1. The standard InChI is InChI=1S/C14H27NO2/c1-5-17-14(16)12(4)9-15-13-7-6-10(2)11(3)8-13/h10-13,15H,5-9H2,1-4H3. The van der Waals surface area contributed by atoms with Crippen molar-refractivity contribution >= 4 is 5.97 Å². The predicted molar refractivity (Wildman–Crippen MR) is 69.8 cm³/mol. The van der Waals surface area contributed by atoms with Gasteiger partial charge in [-0.05, 0) is 38.0 Å². The monoisotopic (exact) mass is 241 g/mol. The smallest absolute Gasteiger partial charge is 0.309 e. The number of rotatable bonds is 5. The van der Waals surface area contributed by atoms with E-state index in [1.165, 1.54) is 19.3 Å². The van der Waals surface area contributed by atoms with Crippen LogP contribution in [0, 0.1) is 17.8 Å². The van der Waals surface area contributed by atoms with Gasteiger partial charge in [-0.15, -0.1) is 0 Å². The van der Waals surface area contributed by atoms with Crippen LogP contribution >= 0.6 is 0 Å². The van der Waals surface area contributed by atoms with Crippen LogP contribution < -0.4 is 5.32 Å². The maximum atomic E-state index is 11.5. The third-order valence-electron chi connectivity index (χ3n) is 4.00. The summed E-state index contributed by atoms with van der Waals surface area (Å²) in [4.78, 5) is 11.5. The lowest BCUT2D eigenvalue weighted by Gasteiger charge is -2.33. The number of carbonyl (C=O) groups is 1. The fourth-order valence-electron chi connectivity index (χ4n) is 2.44. The Morgan fingerprint density at radius 2 is 2.06 bits per heavy atom. The summed E-state index contributed by atoms with van der Waals surface area (Å²) in [7, 11) is 0. The van der Waals surface area contributed by atoms with Crippen LogP contribution in [0.4, 0.5) is 0 Å². The Bertz CT molecular complexity index is 242. The maximum absolute atomic E-state index is 11.5. The summed E-state index contributed by atoms with van der Waals surface area (Å²) < 4.78 is 5.00. The molecule has 1 rings (SSSR count). The summed E-state index contributed by atoms with van der Waals surface area (Å²) in [6, 6.07) is 0.582. The van der Waals surface area contributed by atoms with E-state index in [4.69, 9.17) is 4.74 Å². The number of hydrogen-bond donors (Lipinski definition) is 1. The SMILES string of the molecule is CCOC(=O)C(C)CNC1CCC(C)C(C)C1. The van der Waals surface area contributed by atoms with Crippen molar-refractivity contribution in [1.29, 1.82) is 0 Å². The van der Waals surface area contributed by atoms with Crippen molar-refractivity contribution in [2.75, 3.05) is 13.2 Å². The second kappa shape index (κ2) is 7.00. The van der Waals surface area contributed by atoms with Crippen molar-refractivity contribution in [3.8, 4) is 0 Å². The zero-order valence-electron chi connectivity index (χ0n) is 11.7. The van der Waals surface area contributed by atoms with Crippen molar-refractivity contribution < 1.29 is 9.53 Å². The molecule has 1 aliphatic rings. The summed E-state index contributed by atoms with van der Waals surface area (Å²) in [5.74, 6) is 1.51. The molecule has 0 aromatic rings. The normalized spacial score (nSPS) is 30.9. The topological polar surface area (TPSA) is 38.3 Å². The molecule has 0 radical (unpaired) electrons. The lowest BCUT2D eigenvalue weighted by atomic mass is 9.79. The molecule has 0 amide bonds. The number of hydrogen-bond acceptors (Lipinski definition) is 3. The van der Waals surface area contributed by atoms with Gasteiger partial charge in [0.1, 0.15) is 0 Å². The molecule has 0 saturated heterocycles. The van der Waals surface area contributed by atoms with E-state index in [0.717, 1.165) is 18.4 Å². The number of esters is 1. The van der Waals surface area contributed by atoms with E-state index in [9.17, 15) is 4.79 Å². The minimum Gasteiger partial charge on any atom is -0.466 e. The first kappa shape index (κ1) is 14.5. The van der Waals surface area contributed by atoms with Gasteiger partial charge in [-0.25, -0.2) is 0 Å². The third kappa shape index (κ3) is 4.66. The lowest BCUT2D eigenvalue weighted by molar-refractivity contribution is -0.147. The minimum absolute atomic E-state index is 0.0374. The van der Waals surface area contributed by atoms with Gasteiger partial charge in [0.2, 0.25) is 0 Å². The average molecular weight is 241 g/mol. The van der Waals surface area contributed by atoms with Crippen LogP contribution in [0.25, 0.3) is 0 Å². The van der Waals surface area contributed by atoms with Crippen LogP contribution in [-0.4, -0.2) is 25.2 Å². The predicted octanol–water partition coefficient (Wildman–Crippen LogP) is 2.60. The Labute approximate surface area is 105 Å². The van der Waals surface area contributed by atoms with E-state index in [2.05, 4.69) is 19.2 Å². The second-order valence-corrected chi connectivity index (χ2v) is 5.53. The molecule has 0 bridgehead atoms. The van der Waals surface area contributed by atoms with Crippen LogP contribution in [0.1, 0.15) is 47.0 Å². The summed E-state index contributed by atoms with van der Waals surface area (Å²) in [5, 5.41) is 3.51. The third-order valence-corrected chi connectivity index (χ3v) is 4.00. The van der Waals surface area contributed by atoms with Crippen molar-refractivity contribution in [2.45, 2.75) is 53.0 Å². The summed E-state index contributed by atoms with van der Waals surface area (Å²) in [6.45, 7) is 9.66. The van der Waals surface area contributed by atoms with Gasteiger partial charge in [-0.3, -0.25) is 4.79 Å². The average Bonchev–Trinajstić information content (AvgIpc) is 2.30. The Balaban J connectivity index is 2.24. The highest BCUT2D eigenvalue weighted by Gasteiger charge is 2.25. The molecule has 4 unspecified atom stereocenters. The molecular weight excluding hydrogens is 214 g/mol. The molecule has 0 spiro atoms. The summed E-state index contributed by atoms with van der Waals surface area (Å²) in [5.41, 5.74) is 0. The van der Waals surface area contributed by atoms with Gasteiger partial charge < -0.3 is 10.1 Å². The van der Waals surface area contributed by atoms with Gasteiger partial charge in [-0.1, -0.05) is 20.8 Å². The van der Waals surface area contributed by atoms with Gasteiger partial charge in [0, 0.05) is 12.6 Å². The zero-order chi connectivity index (χ0) is 12.8. The molecule has 0 aromatic heterocycles. The van der Waals surface area contributed by atoms with Crippen molar-refractivity contribution in [3.63, 3.8) is 0 Å². The van der Waals surface area contributed by atoms with Gasteiger partial charge in [0.05, 0.1) is 12.5 Å². The Hall–Kier alpha value is -0.570. The number of ether oxygens (including phenoxy) is 1. The Kier molecular flexibility index (Phi) is 5.96. The first-order valence-corrected chi connectivity index (χ1v) is 6.94. The zero-order valence-corrected chi connectivity index (χ0v) is 11.7. The van der Waals surface area contributed by atoms with Gasteiger partial charge in [0.25, 0.3) is 0 Å². The molecule has 0 aromatic carbocycles. The Morgan fingerprint density at radius 1 is 1.35 bits per heavy atom. The minimum atomic E-state index is -0.0859.